The monoisotopic (exact) mass is 239 g/mol. The fraction of sp³-hybridized carbons (Fsp3) is 1.00. The van der Waals surface area contributed by atoms with Crippen LogP contribution in [0.2, 0.25) is 0 Å². The predicted molar refractivity (Wildman–Crippen MR) is 67.1 cm³/mol. The minimum atomic E-state index is -0.000903. The molecule has 0 amide bonds. The van der Waals surface area contributed by atoms with Gasteiger partial charge >= 0.3 is 0 Å². The van der Waals surface area contributed by atoms with Crippen molar-refractivity contribution in [1.82, 2.24) is 5.32 Å². The van der Waals surface area contributed by atoms with Crippen molar-refractivity contribution in [2.24, 2.45) is 5.92 Å². The van der Waals surface area contributed by atoms with Crippen molar-refractivity contribution in [1.29, 1.82) is 0 Å². The van der Waals surface area contributed by atoms with Gasteiger partial charge in [0.05, 0.1) is 13.2 Å². The van der Waals surface area contributed by atoms with E-state index in [9.17, 15) is 0 Å². The minimum Gasteiger partial charge on any atom is -0.378 e. The van der Waals surface area contributed by atoms with Crippen LogP contribution in [0.4, 0.5) is 0 Å². The molecule has 2 unspecified atom stereocenters. The number of hydrogen-bond acceptors (Lipinski definition) is 3. The zero-order valence-corrected chi connectivity index (χ0v) is 10.7. The molecule has 2 heterocycles. The molecule has 0 aromatic rings. The zero-order chi connectivity index (χ0) is 11.6. The molecule has 0 bridgehead atoms. The molecule has 17 heavy (non-hydrogen) atoms. The Labute approximate surface area is 104 Å². The van der Waals surface area contributed by atoms with Gasteiger partial charge in [0, 0.05) is 19.2 Å². The van der Waals surface area contributed by atoms with Gasteiger partial charge in [0.25, 0.3) is 0 Å². The number of nitrogens with one attached hydrogen (secondary N) is 1. The lowest BCUT2D eigenvalue weighted by molar-refractivity contribution is -0.166. The second kappa shape index (κ2) is 5.25. The molecule has 0 aromatic heterocycles. The SMILES string of the molecule is C1CCC(CC2NCCOC23CCCOC3)C1. The van der Waals surface area contributed by atoms with Crippen LogP contribution in [-0.4, -0.2) is 38.0 Å². The molecule has 1 N–H and O–H groups in total. The first-order chi connectivity index (χ1) is 8.39. The fourth-order valence-corrected chi connectivity index (χ4v) is 3.83. The lowest BCUT2D eigenvalue weighted by Crippen LogP contribution is -2.62. The molecule has 3 aliphatic rings. The normalized spacial score (nSPS) is 39.9. The number of rotatable bonds is 2. The van der Waals surface area contributed by atoms with Gasteiger partial charge in [0.2, 0.25) is 0 Å². The Morgan fingerprint density at radius 2 is 2.00 bits per heavy atom. The molecule has 0 radical (unpaired) electrons. The van der Waals surface area contributed by atoms with Crippen LogP contribution in [-0.2, 0) is 9.47 Å². The fourth-order valence-electron chi connectivity index (χ4n) is 3.83. The van der Waals surface area contributed by atoms with E-state index >= 15 is 0 Å². The predicted octanol–water partition coefficient (Wildman–Crippen LogP) is 2.10. The Hall–Kier alpha value is -0.120. The van der Waals surface area contributed by atoms with Crippen LogP contribution >= 0.6 is 0 Å². The first-order valence-corrected chi connectivity index (χ1v) is 7.34. The maximum atomic E-state index is 6.14. The Kier molecular flexibility index (Phi) is 3.69. The van der Waals surface area contributed by atoms with E-state index in [1.165, 1.54) is 38.5 Å². The van der Waals surface area contributed by atoms with Gasteiger partial charge in [-0.25, -0.2) is 0 Å². The second-order valence-electron chi connectivity index (χ2n) is 5.96. The Morgan fingerprint density at radius 1 is 1.12 bits per heavy atom. The lowest BCUT2D eigenvalue weighted by atomic mass is 9.81. The Balaban J connectivity index is 1.65. The van der Waals surface area contributed by atoms with E-state index < -0.39 is 0 Å². The molecule has 3 rings (SSSR count). The van der Waals surface area contributed by atoms with Crippen molar-refractivity contribution in [3.63, 3.8) is 0 Å². The molecular weight excluding hydrogens is 214 g/mol. The van der Waals surface area contributed by atoms with Crippen molar-refractivity contribution in [3.05, 3.63) is 0 Å². The quantitative estimate of drug-likeness (QED) is 0.800. The summed E-state index contributed by atoms with van der Waals surface area (Å²) in [6.07, 6.45) is 9.34. The van der Waals surface area contributed by atoms with Gasteiger partial charge in [0.15, 0.2) is 0 Å². The molecule has 1 aliphatic carbocycles. The van der Waals surface area contributed by atoms with E-state index in [0.29, 0.717) is 6.04 Å². The van der Waals surface area contributed by atoms with Gasteiger partial charge in [-0.2, -0.15) is 0 Å². The van der Waals surface area contributed by atoms with E-state index in [1.807, 2.05) is 0 Å². The number of morpholine rings is 1. The second-order valence-corrected chi connectivity index (χ2v) is 5.96. The summed E-state index contributed by atoms with van der Waals surface area (Å²) in [6.45, 7) is 3.59. The summed E-state index contributed by atoms with van der Waals surface area (Å²) >= 11 is 0. The van der Waals surface area contributed by atoms with Crippen LogP contribution in [0, 0.1) is 5.92 Å². The van der Waals surface area contributed by atoms with Gasteiger partial charge in [0.1, 0.15) is 5.60 Å². The minimum absolute atomic E-state index is 0.000903. The van der Waals surface area contributed by atoms with Gasteiger partial charge in [-0.05, 0) is 25.2 Å². The first-order valence-electron chi connectivity index (χ1n) is 7.34. The van der Waals surface area contributed by atoms with Gasteiger partial charge < -0.3 is 14.8 Å². The molecule has 2 atom stereocenters. The third kappa shape index (κ3) is 2.51. The molecule has 3 fully saturated rings. The van der Waals surface area contributed by atoms with Gasteiger partial charge in [-0.1, -0.05) is 25.7 Å². The third-order valence-electron chi connectivity index (χ3n) is 4.80. The zero-order valence-electron chi connectivity index (χ0n) is 10.7. The lowest BCUT2D eigenvalue weighted by Gasteiger charge is -2.47. The molecule has 98 valence electrons. The van der Waals surface area contributed by atoms with Crippen LogP contribution in [0.15, 0.2) is 0 Å². The van der Waals surface area contributed by atoms with E-state index in [0.717, 1.165) is 38.7 Å². The molecule has 2 saturated heterocycles. The van der Waals surface area contributed by atoms with Crippen LogP contribution in [0.5, 0.6) is 0 Å². The summed E-state index contributed by atoms with van der Waals surface area (Å²) in [4.78, 5) is 0. The van der Waals surface area contributed by atoms with E-state index in [1.54, 1.807) is 0 Å². The molecule has 0 aromatic carbocycles. The summed E-state index contributed by atoms with van der Waals surface area (Å²) in [5.41, 5.74) is -0.000903. The molecule has 1 saturated carbocycles. The van der Waals surface area contributed by atoms with Crippen molar-refractivity contribution >= 4 is 0 Å². The smallest absolute Gasteiger partial charge is 0.107 e. The Morgan fingerprint density at radius 3 is 2.76 bits per heavy atom. The van der Waals surface area contributed by atoms with Crippen LogP contribution < -0.4 is 5.32 Å². The summed E-state index contributed by atoms with van der Waals surface area (Å²) in [5, 5.41) is 3.70. The van der Waals surface area contributed by atoms with Crippen molar-refractivity contribution < 1.29 is 9.47 Å². The molecule has 3 nitrogen and oxygen atoms in total. The standard InChI is InChI=1S/C14H25NO2/c1-2-5-12(4-1)10-13-14(17-9-7-15-13)6-3-8-16-11-14/h12-13,15H,1-11H2. The largest absolute Gasteiger partial charge is 0.378 e. The first kappa shape index (κ1) is 11.9. The topological polar surface area (TPSA) is 30.5 Å². The highest BCUT2D eigenvalue weighted by molar-refractivity contribution is 4.98. The van der Waals surface area contributed by atoms with E-state index in [4.69, 9.17) is 9.47 Å². The average molecular weight is 239 g/mol. The number of hydrogen-bond donors (Lipinski definition) is 1. The average Bonchev–Trinajstić information content (AvgIpc) is 2.86. The maximum Gasteiger partial charge on any atom is 0.107 e. The van der Waals surface area contributed by atoms with E-state index in [2.05, 4.69) is 5.32 Å². The van der Waals surface area contributed by atoms with Crippen LogP contribution in [0.1, 0.15) is 44.9 Å². The van der Waals surface area contributed by atoms with Crippen molar-refractivity contribution in [2.75, 3.05) is 26.4 Å². The van der Waals surface area contributed by atoms with Crippen molar-refractivity contribution in [3.8, 4) is 0 Å². The summed E-state index contributed by atoms with van der Waals surface area (Å²) in [6, 6.07) is 0.527. The van der Waals surface area contributed by atoms with Crippen molar-refractivity contribution in [2.45, 2.75) is 56.6 Å². The van der Waals surface area contributed by atoms with Gasteiger partial charge in [-0.15, -0.1) is 0 Å². The van der Waals surface area contributed by atoms with Crippen LogP contribution in [0.25, 0.3) is 0 Å². The summed E-state index contributed by atoms with van der Waals surface area (Å²) in [5.74, 6) is 0.924. The highest BCUT2D eigenvalue weighted by Crippen LogP contribution is 2.36. The Bertz CT molecular complexity index is 236. The molecular formula is C14H25NO2. The maximum absolute atomic E-state index is 6.14. The van der Waals surface area contributed by atoms with Gasteiger partial charge in [-0.3, -0.25) is 0 Å². The highest BCUT2D eigenvalue weighted by atomic mass is 16.5. The summed E-state index contributed by atoms with van der Waals surface area (Å²) < 4.78 is 11.8. The number of ether oxygens (including phenoxy) is 2. The third-order valence-corrected chi connectivity index (χ3v) is 4.80. The molecule has 2 aliphatic heterocycles. The van der Waals surface area contributed by atoms with Crippen LogP contribution in [0.3, 0.4) is 0 Å². The summed E-state index contributed by atoms with van der Waals surface area (Å²) in [7, 11) is 0. The highest BCUT2D eigenvalue weighted by Gasteiger charge is 2.44. The van der Waals surface area contributed by atoms with E-state index in [-0.39, 0.29) is 5.60 Å². The molecule has 1 spiro atoms. The molecule has 3 heteroatoms.